The number of halogens is 1. The van der Waals surface area contributed by atoms with Gasteiger partial charge in [0.2, 0.25) is 5.41 Å². The molecular formula is C33H37FNO7PS2. The van der Waals surface area contributed by atoms with Crippen molar-refractivity contribution in [3.63, 3.8) is 0 Å². The summed E-state index contributed by atoms with van der Waals surface area (Å²) in [7, 11) is -11.5. The van der Waals surface area contributed by atoms with E-state index < -0.39 is 49.3 Å². The highest BCUT2D eigenvalue weighted by molar-refractivity contribution is 7.91. The van der Waals surface area contributed by atoms with Crippen LogP contribution in [0.5, 0.6) is 0 Å². The smallest absolute Gasteiger partial charge is 0.305 e. The van der Waals surface area contributed by atoms with E-state index >= 15 is 4.39 Å². The SMILES string of the molecule is CC1(C)COP(=O)(C(F)(Cc2cccc(-c3cc(C(C)(C)S(C)(=O)=O)cc4cccnc34)c2)c2ccc(S(C)(=O)=O)cc2)OC1. The van der Waals surface area contributed by atoms with E-state index in [1.807, 2.05) is 32.0 Å². The fraction of sp³-hybridized carbons (Fsp3) is 0.364. The Labute approximate surface area is 264 Å². The zero-order chi connectivity index (χ0) is 33.1. The molecule has 1 saturated heterocycles. The first kappa shape index (κ1) is 33.4. The molecule has 0 spiro atoms. The Morgan fingerprint density at radius 1 is 0.889 bits per heavy atom. The van der Waals surface area contributed by atoms with Crippen LogP contribution in [0.25, 0.3) is 22.0 Å². The maximum Gasteiger partial charge on any atom is 0.372 e. The number of fused-ring (bicyclic) bond motifs is 1. The van der Waals surface area contributed by atoms with Gasteiger partial charge in [-0.2, -0.15) is 0 Å². The molecule has 0 saturated carbocycles. The first-order chi connectivity index (χ1) is 20.8. The van der Waals surface area contributed by atoms with Gasteiger partial charge < -0.3 is 9.05 Å². The highest BCUT2D eigenvalue weighted by Crippen LogP contribution is 2.69. The van der Waals surface area contributed by atoms with E-state index in [2.05, 4.69) is 4.98 Å². The van der Waals surface area contributed by atoms with E-state index in [0.717, 1.165) is 11.6 Å². The number of aromatic nitrogens is 1. The third-order valence-electron chi connectivity index (χ3n) is 8.41. The molecule has 1 aliphatic rings. The van der Waals surface area contributed by atoms with Crippen molar-refractivity contribution in [2.75, 3.05) is 25.7 Å². The Morgan fingerprint density at radius 3 is 2.13 bits per heavy atom. The van der Waals surface area contributed by atoms with E-state index in [0.29, 0.717) is 27.8 Å². The Morgan fingerprint density at radius 2 is 1.53 bits per heavy atom. The zero-order valence-corrected chi connectivity index (χ0v) is 28.6. The summed E-state index contributed by atoms with van der Waals surface area (Å²) < 4.78 is 91.6. The minimum Gasteiger partial charge on any atom is -0.305 e. The van der Waals surface area contributed by atoms with Crippen LogP contribution in [0.1, 0.15) is 44.4 Å². The van der Waals surface area contributed by atoms with Crippen LogP contribution in [0, 0.1) is 5.41 Å². The van der Waals surface area contributed by atoms with Gasteiger partial charge in [0, 0.05) is 47.1 Å². The zero-order valence-electron chi connectivity index (χ0n) is 26.1. The number of hydrogen-bond acceptors (Lipinski definition) is 8. The number of rotatable bonds is 8. The summed E-state index contributed by atoms with van der Waals surface area (Å²) >= 11 is 0. The van der Waals surface area contributed by atoms with Gasteiger partial charge in [-0.25, -0.2) is 21.2 Å². The molecule has 1 unspecified atom stereocenters. The van der Waals surface area contributed by atoms with Crippen molar-refractivity contribution in [2.45, 2.75) is 49.2 Å². The minimum atomic E-state index is -4.43. The highest BCUT2D eigenvalue weighted by Gasteiger charge is 2.56. The molecule has 0 aliphatic carbocycles. The second kappa shape index (κ2) is 11.4. The highest BCUT2D eigenvalue weighted by atomic mass is 32.2. The van der Waals surface area contributed by atoms with E-state index in [-0.39, 0.29) is 23.7 Å². The molecule has 1 aliphatic heterocycles. The molecule has 1 aromatic heterocycles. The van der Waals surface area contributed by atoms with Gasteiger partial charge in [-0.15, -0.1) is 0 Å². The summed E-state index contributed by atoms with van der Waals surface area (Å²) in [5.74, 6) is 0. The van der Waals surface area contributed by atoms with Crippen LogP contribution in [-0.4, -0.2) is 47.5 Å². The molecule has 2 heterocycles. The number of sulfone groups is 2. The van der Waals surface area contributed by atoms with Gasteiger partial charge in [0.1, 0.15) is 0 Å². The number of nitrogens with zero attached hydrogens (tertiary/aromatic N) is 1. The largest absolute Gasteiger partial charge is 0.372 e. The minimum absolute atomic E-state index is 0.00299. The molecule has 0 amide bonds. The van der Waals surface area contributed by atoms with Gasteiger partial charge in [0.05, 0.1) is 28.4 Å². The van der Waals surface area contributed by atoms with E-state index in [9.17, 15) is 21.4 Å². The van der Waals surface area contributed by atoms with Crippen molar-refractivity contribution in [3.8, 4) is 11.1 Å². The number of hydrogen-bond donors (Lipinski definition) is 0. The maximum atomic E-state index is 17.6. The van der Waals surface area contributed by atoms with Crippen LogP contribution in [0.15, 0.2) is 83.9 Å². The summed E-state index contributed by atoms with van der Waals surface area (Å²) in [6.45, 7) is 7.04. The Bertz CT molecular complexity index is 2030. The molecule has 8 nitrogen and oxygen atoms in total. The normalized spacial score (nSPS) is 18.4. The summed E-state index contributed by atoms with van der Waals surface area (Å²) in [6.07, 6.45) is 3.49. The maximum absolute atomic E-state index is 17.6. The van der Waals surface area contributed by atoms with Gasteiger partial charge in [-0.3, -0.25) is 9.55 Å². The summed E-state index contributed by atoms with van der Waals surface area (Å²) in [6, 6.07) is 19.4. The predicted octanol–water partition coefficient (Wildman–Crippen LogP) is 7.22. The summed E-state index contributed by atoms with van der Waals surface area (Å²) in [5.41, 5.74) is 2.48. The van der Waals surface area contributed by atoms with Crippen molar-refractivity contribution in [1.29, 1.82) is 0 Å². The van der Waals surface area contributed by atoms with Crippen LogP contribution in [-0.2, 0) is 49.9 Å². The second-order valence-corrected chi connectivity index (χ2v) is 19.8. The Kier molecular flexibility index (Phi) is 8.45. The molecule has 0 N–H and O–H groups in total. The van der Waals surface area contributed by atoms with Crippen molar-refractivity contribution in [2.24, 2.45) is 5.41 Å². The number of benzene rings is 3. The number of alkyl halides is 1. The lowest BCUT2D eigenvalue weighted by Crippen LogP contribution is -2.36. The van der Waals surface area contributed by atoms with Crippen LogP contribution in [0.4, 0.5) is 4.39 Å². The molecule has 0 bridgehead atoms. The molecule has 12 heteroatoms. The molecule has 1 fully saturated rings. The van der Waals surface area contributed by atoms with E-state index in [4.69, 9.17) is 9.05 Å². The predicted molar refractivity (Wildman–Crippen MR) is 174 cm³/mol. The van der Waals surface area contributed by atoms with Gasteiger partial charge in [0.15, 0.2) is 19.7 Å². The second-order valence-electron chi connectivity index (χ2n) is 13.0. The third kappa shape index (κ3) is 6.38. The van der Waals surface area contributed by atoms with E-state index in [1.54, 1.807) is 50.4 Å². The van der Waals surface area contributed by atoms with Gasteiger partial charge >= 0.3 is 7.60 Å². The molecular weight excluding hydrogens is 636 g/mol. The standard InChI is InChI=1S/C33H37FNO7PS2/c1-31(2)21-41-43(36,42-22-31)33(34,26-12-14-28(15-13-26)44(5,37)38)20-23-9-7-10-24(17-23)29-19-27(32(3,4)45(6,39)40)18-25-11-8-16-35-30(25)29/h7-19H,20-22H2,1-6H3. The van der Waals surface area contributed by atoms with Crippen molar-refractivity contribution in [1.82, 2.24) is 4.98 Å². The van der Waals surface area contributed by atoms with Gasteiger partial charge in [-0.1, -0.05) is 56.3 Å². The molecule has 0 radical (unpaired) electrons. The van der Waals surface area contributed by atoms with Crippen LogP contribution in [0.2, 0.25) is 0 Å². The Balaban J connectivity index is 1.64. The molecule has 45 heavy (non-hydrogen) atoms. The van der Waals surface area contributed by atoms with Crippen LogP contribution < -0.4 is 0 Å². The first-order valence-corrected chi connectivity index (χ1v) is 19.7. The molecule has 1 atom stereocenters. The van der Waals surface area contributed by atoms with Gasteiger partial charge in [-0.05, 0) is 60.9 Å². The molecule has 4 aromatic rings. The summed E-state index contributed by atoms with van der Waals surface area (Å²) in [5, 5.41) is -1.91. The number of pyridine rings is 1. The molecule has 5 rings (SSSR count). The van der Waals surface area contributed by atoms with Crippen molar-refractivity contribution in [3.05, 3.63) is 95.7 Å². The fourth-order valence-electron chi connectivity index (χ4n) is 5.21. The fourth-order valence-corrected chi connectivity index (χ4v) is 8.75. The quantitative estimate of drug-likeness (QED) is 0.180. The van der Waals surface area contributed by atoms with Crippen LogP contribution >= 0.6 is 7.60 Å². The monoisotopic (exact) mass is 673 g/mol. The van der Waals surface area contributed by atoms with Crippen molar-refractivity contribution >= 4 is 38.2 Å². The molecule has 3 aromatic carbocycles. The average molecular weight is 674 g/mol. The molecule has 240 valence electrons. The average Bonchev–Trinajstić information content (AvgIpc) is 2.97. The van der Waals surface area contributed by atoms with E-state index in [1.165, 1.54) is 30.5 Å². The lowest BCUT2D eigenvalue weighted by Gasteiger charge is -2.40. The lowest BCUT2D eigenvalue weighted by molar-refractivity contribution is 0.0169. The third-order valence-corrected chi connectivity index (χ3v) is 13.9. The Hall–Kier alpha value is -2.95. The first-order valence-electron chi connectivity index (χ1n) is 14.3. The van der Waals surface area contributed by atoms with Crippen molar-refractivity contribution < 1.29 is 34.8 Å². The summed E-state index contributed by atoms with van der Waals surface area (Å²) in [4.78, 5) is 4.56. The lowest BCUT2D eigenvalue weighted by atomic mass is 9.92. The topological polar surface area (TPSA) is 117 Å². The van der Waals surface area contributed by atoms with Crippen LogP contribution in [0.3, 0.4) is 0 Å². The van der Waals surface area contributed by atoms with Gasteiger partial charge in [0.25, 0.3) is 0 Å².